The predicted octanol–water partition coefficient (Wildman–Crippen LogP) is 16.0. The molecule has 6 heteroatoms. The van der Waals surface area contributed by atoms with Crippen LogP contribution in [-0.4, -0.2) is 37.2 Å². The highest BCUT2D eigenvalue weighted by Gasteiger charge is 2.19. The average molecular weight is 835 g/mol. The van der Waals surface area contributed by atoms with Gasteiger partial charge in [-0.05, 0) is 89.9 Å². The molecule has 6 nitrogen and oxygen atoms in total. The standard InChI is InChI=1S/C54H90O6/c1-4-7-10-13-16-19-21-23-25-26-27-28-29-31-32-35-38-41-44-47-53(56)59-50-51(49-58-52(55)46-43-40-37-34-18-15-12-9-6-3)60-54(57)48-45-42-39-36-33-30-24-22-20-17-14-11-8-5-2/h7-8,10-11,16-17,19-20,23-25,27-28,30,51H,4-6,9,12-15,18,21-22,26,29,31-50H2,1-3H3/b10-7-,11-8-,19-16-,20-17-,25-23-,28-27-,30-24-. The van der Waals surface area contributed by atoms with E-state index in [4.69, 9.17) is 14.2 Å². The van der Waals surface area contributed by atoms with Gasteiger partial charge in [0.1, 0.15) is 13.2 Å². The SMILES string of the molecule is CC/C=C\C/C=C\C/C=C\C/C=C\CCCCCCCCC(=O)OCC(COC(=O)CCCCCCCCCCC)OC(=O)CCCCCC/C=C\C/C=C\C/C=C\CC. The first-order valence-corrected chi connectivity index (χ1v) is 24.6. The molecule has 0 rings (SSSR count). The zero-order valence-electron chi connectivity index (χ0n) is 38.9. The zero-order valence-corrected chi connectivity index (χ0v) is 38.9. The predicted molar refractivity (Wildman–Crippen MR) is 256 cm³/mol. The molecule has 0 aliphatic heterocycles. The second-order valence-electron chi connectivity index (χ2n) is 16.0. The Hall–Kier alpha value is -3.41. The first kappa shape index (κ1) is 56.6. The van der Waals surface area contributed by atoms with E-state index in [0.29, 0.717) is 19.3 Å². The summed E-state index contributed by atoms with van der Waals surface area (Å²) in [6, 6.07) is 0. The number of allylic oxidation sites excluding steroid dienone is 14. The van der Waals surface area contributed by atoms with Crippen molar-refractivity contribution >= 4 is 17.9 Å². The van der Waals surface area contributed by atoms with Crippen LogP contribution in [0.1, 0.15) is 220 Å². The van der Waals surface area contributed by atoms with E-state index in [9.17, 15) is 14.4 Å². The molecule has 0 aromatic heterocycles. The van der Waals surface area contributed by atoms with Crippen LogP contribution in [0.3, 0.4) is 0 Å². The Kier molecular flexibility index (Phi) is 45.5. The Morgan fingerprint density at radius 1 is 0.350 bits per heavy atom. The van der Waals surface area contributed by atoms with Gasteiger partial charge in [-0.3, -0.25) is 14.4 Å². The second-order valence-corrected chi connectivity index (χ2v) is 16.0. The van der Waals surface area contributed by atoms with Crippen molar-refractivity contribution in [1.29, 1.82) is 0 Å². The summed E-state index contributed by atoms with van der Waals surface area (Å²) in [4.78, 5) is 37.8. The molecule has 0 fully saturated rings. The normalized spacial score (nSPS) is 12.8. The van der Waals surface area contributed by atoms with Gasteiger partial charge >= 0.3 is 17.9 Å². The van der Waals surface area contributed by atoms with Gasteiger partial charge in [-0.15, -0.1) is 0 Å². The largest absolute Gasteiger partial charge is 0.462 e. The highest BCUT2D eigenvalue weighted by atomic mass is 16.6. The van der Waals surface area contributed by atoms with E-state index in [0.717, 1.165) is 128 Å². The maximum Gasteiger partial charge on any atom is 0.306 e. The molecule has 1 unspecified atom stereocenters. The van der Waals surface area contributed by atoms with Crippen LogP contribution in [0.5, 0.6) is 0 Å². The summed E-state index contributed by atoms with van der Waals surface area (Å²) >= 11 is 0. The lowest BCUT2D eigenvalue weighted by atomic mass is 10.1. The van der Waals surface area contributed by atoms with Crippen molar-refractivity contribution in [3.8, 4) is 0 Å². The zero-order chi connectivity index (χ0) is 43.7. The summed E-state index contributed by atoms with van der Waals surface area (Å²) in [5.74, 6) is -0.933. The fourth-order valence-electron chi connectivity index (χ4n) is 6.50. The van der Waals surface area contributed by atoms with Gasteiger partial charge < -0.3 is 14.2 Å². The second kappa shape index (κ2) is 48.3. The van der Waals surface area contributed by atoms with E-state index < -0.39 is 6.10 Å². The van der Waals surface area contributed by atoms with Crippen molar-refractivity contribution in [3.63, 3.8) is 0 Å². The monoisotopic (exact) mass is 835 g/mol. The third-order valence-corrected chi connectivity index (χ3v) is 10.1. The molecule has 0 aliphatic rings. The molecule has 0 aromatic rings. The Morgan fingerprint density at radius 2 is 0.650 bits per heavy atom. The van der Waals surface area contributed by atoms with Crippen LogP contribution in [0.15, 0.2) is 85.1 Å². The Balaban J connectivity index is 4.39. The van der Waals surface area contributed by atoms with Crippen LogP contribution in [0, 0.1) is 0 Å². The molecule has 0 aromatic carbocycles. The molecule has 0 heterocycles. The van der Waals surface area contributed by atoms with Crippen molar-refractivity contribution in [1.82, 2.24) is 0 Å². The third kappa shape index (κ3) is 45.7. The van der Waals surface area contributed by atoms with Crippen LogP contribution in [0.4, 0.5) is 0 Å². The third-order valence-electron chi connectivity index (χ3n) is 10.1. The molecule has 0 spiro atoms. The van der Waals surface area contributed by atoms with Crippen molar-refractivity contribution in [2.75, 3.05) is 13.2 Å². The quantitative estimate of drug-likeness (QED) is 0.0263. The van der Waals surface area contributed by atoms with Gasteiger partial charge in [-0.25, -0.2) is 0 Å². The lowest BCUT2D eigenvalue weighted by Crippen LogP contribution is -2.30. The Morgan fingerprint density at radius 3 is 1.02 bits per heavy atom. The van der Waals surface area contributed by atoms with E-state index in [1.807, 2.05) is 0 Å². The van der Waals surface area contributed by atoms with Crippen molar-refractivity contribution in [3.05, 3.63) is 85.1 Å². The lowest BCUT2D eigenvalue weighted by molar-refractivity contribution is -0.167. The van der Waals surface area contributed by atoms with Crippen LogP contribution in [-0.2, 0) is 28.6 Å². The number of carbonyl (C=O) groups excluding carboxylic acids is 3. The number of rotatable bonds is 43. The molecule has 0 N–H and O–H groups in total. The summed E-state index contributed by atoms with van der Waals surface area (Å²) in [6.07, 6.45) is 61.4. The number of ether oxygens (including phenoxy) is 3. The maximum atomic E-state index is 12.7. The molecule has 0 saturated carbocycles. The Labute approximate surface area is 369 Å². The van der Waals surface area contributed by atoms with E-state index in [1.165, 1.54) is 51.4 Å². The lowest BCUT2D eigenvalue weighted by Gasteiger charge is -2.18. The number of hydrogen-bond acceptors (Lipinski definition) is 6. The molecular formula is C54H90O6. The highest BCUT2D eigenvalue weighted by molar-refractivity contribution is 5.71. The minimum Gasteiger partial charge on any atom is -0.462 e. The Bertz CT molecular complexity index is 1190. The molecular weight excluding hydrogens is 745 g/mol. The summed E-state index contributed by atoms with van der Waals surface area (Å²) in [6.45, 7) is 6.35. The van der Waals surface area contributed by atoms with Crippen molar-refractivity contribution in [2.24, 2.45) is 0 Å². The molecule has 0 radical (unpaired) electrons. The number of carbonyl (C=O) groups is 3. The topological polar surface area (TPSA) is 78.9 Å². The smallest absolute Gasteiger partial charge is 0.306 e. The highest BCUT2D eigenvalue weighted by Crippen LogP contribution is 2.13. The van der Waals surface area contributed by atoms with Crippen LogP contribution >= 0.6 is 0 Å². The molecule has 60 heavy (non-hydrogen) atoms. The van der Waals surface area contributed by atoms with E-state index in [2.05, 4.69) is 106 Å². The summed E-state index contributed by atoms with van der Waals surface area (Å²) in [5.41, 5.74) is 0. The molecule has 0 amide bonds. The van der Waals surface area contributed by atoms with Gasteiger partial charge in [-0.1, -0.05) is 196 Å². The van der Waals surface area contributed by atoms with Crippen LogP contribution in [0.2, 0.25) is 0 Å². The number of hydrogen-bond donors (Lipinski definition) is 0. The van der Waals surface area contributed by atoms with Crippen molar-refractivity contribution in [2.45, 2.75) is 226 Å². The summed E-state index contributed by atoms with van der Waals surface area (Å²) in [5, 5.41) is 0. The molecule has 0 bridgehead atoms. The number of esters is 3. The first-order chi connectivity index (χ1) is 29.5. The summed E-state index contributed by atoms with van der Waals surface area (Å²) < 4.78 is 16.7. The molecule has 342 valence electrons. The van der Waals surface area contributed by atoms with E-state index in [1.54, 1.807) is 0 Å². The van der Waals surface area contributed by atoms with Gasteiger partial charge in [0.2, 0.25) is 0 Å². The minimum atomic E-state index is -0.791. The van der Waals surface area contributed by atoms with Gasteiger partial charge in [-0.2, -0.15) is 0 Å². The molecule has 1 atom stereocenters. The van der Waals surface area contributed by atoms with E-state index >= 15 is 0 Å². The van der Waals surface area contributed by atoms with Gasteiger partial charge in [0, 0.05) is 19.3 Å². The van der Waals surface area contributed by atoms with Crippen LogP contribution in [0.25, 0.3) is 0 Å². The van der Waals surface area contributed by atoms with Crippen molar-refractivity contribution < 1.29 is 28.6 Å². The first-order valence-electron chi connectivity index (χ1n) is 24.6. The van der Waals surface area contributed by atoms with E-state index in [-0.39, 0.29) is 31.1 Å². The van der Waals surface area contributed by atoms with Gasteiger partial charge in [0.25, 0.3) is 0 Å². The summed E-state index contributed by atoms with van der Waals surface area (Å²) in [7, 11) is 0. The average Bonchev–Trinajstić information content (AvgIpc) is 3.24. The van der Waals surface area contributed by atoms with Crippen LogP contribution < -0.4 is 0 Å². The van der Waals surface area contributed by atoms with Gasteiger partial charge in [0.15, 0.2) is 6.10 Å². The minimum absolute atomic E-state index is 0.0901. The maximum absolute atomic E-state index is 12.7. The molecule has 0 aliphatic carbocycles. The molecule has 0 saturated heterocycles. The van der Waals surface area contributed by atoms with Gasteiger partial charge in [0.05, 0.1) is 0 Å². The fraction of sp³-hybridized carbons (Fsp3) is 0.685. The number of unbranched alkanes of at least 4 members (excludes halogenated alkanes) is 18. The fourth-order valence-corrected chi connectivity index (χ4v) is 6.50.